The van der Waals surface area contributed by atoms with Gasteiger partial charge in [-0.25, -0.2) is 8.42 Å². The largest absolute Gasteiger partial charge is 0.497 e. The van der Waals surface area contributed by atoms with Gasteiger partial charge in [0.2, 0.25) is 11.8 Å². The van der Waals surface area contributed by atoms with E-state index in [2.05, 4.69) is 5.32 Å². The number of amides is 2. The number of hydrogen-bond acceptors (Lipinski definition) is 7. The number of anilines is 1. The molecular weight excluding hydrogens is 560 g/mol. The minimum atomic E-state index is -4.48. The van der Waals surface area contributed by atoms with Gasteiger partial charge >= 0.3 is 0 Å². The Labute approximate surface area is 246 Å². The normalized spacial score (nSPS) is 12.6. The minimum Gasteiger partial charge on any atom is -0.497 e. The molecule has 42 heavy (non-hydrogen) atoms. The summed E-state index contributed by atoms with van der Waals surface area (Å²) in [5, 5.41) is 14.5. The zero-order valence-corrected chi connectivity index (χ0v) is 25.1. The lowest BCUT2D eigenvalue weighted by Gasteiger charge is -2.32. The third-order valence-electron chi connectivity index (χ3n) is 6.97. The Morgan fingerprint density at radius 3 is 2.24 bits per heavy atom. The first kappa shape index (κ1) is 32.1. The third-order valence-corrected chi connectivity index (χ3v) is 8.74. The summed E-state index contributed by atoms with van der Waals surface area (Å²) in [5.74, 6) is -0.539. The van der Waals surface area contributed by atoms with Crippen LogP contribution in [0.2, 0.25) is 0 Å². The van der Waals surface area contributed by atoms with Gasteiger partial charge in [0.25, 0.3) is 15.7 Å². The van der Waals surface area contributed by atoms with Crippen LogP contribution in [0, 0.1) is 17.0 Å². The average Bonchev–Trinajstić information content (AvgIpc) is 2.98. The van der Waals surface area contributed by atoms with Crippen LogP contribution in [0.5, 0.6) is 5.75 Å². The molecule has 224 valence electrons. The fraction of sp³-hybridized carbons (Fsp3) is 0.333. The van der Waals surface area contributed by atoms with E-state index in [4.69, 9.17) is 4.74 Å². The van der Waals surface area contributed by atoms with Crippen LogP contribution in [0.15, 0.2) is 77.7 Å². The number of nitro benzene ring substituents is 1. The van der Waals surface area contributed by atoms with Crippen molar-refractivity contribution in [1.29, 1.82) is 0 Å². The molecule has 0 saturated carbocycles. The van der Waals surface area contributed by atoms with E-state index in [1.54, 1.807) is 31.2 Å². The van der Waals surface area contributed by atoms with E-state index >= 15 is 0 Å². The molecule has 12 heteroatoms. The summed E-state index contributed by atoms with van der Waals surface area (Å²) < 4.78 is 34.1. The van der Waals surface area contributed by atoms with E-state index in [0.717, 1.165) is 15.9 Å². The van der Waals surface area contributed by atoms with Crippen LogP contribution in [-0.2, 0) is 26.2 Å². The first-order valence-corrected chi connectivity index (χ1v) is 14.9. The molecule has 0 bridgehead atoms. The predicted molar refractivity (Wildman–Crippen MR) is 160 cm³/mol. The molecule has 3 rings (SSSR count). The van der Waals surface area contributed by atoms with E-state index in [0.29, 0.717) is 17.7 Å². The van der Waals surface area contributed by atoms with Crippen LogP contribution in [0.1, 0.15) is 38.3 Å². The first-order chi connectivity index (χ1) is 19.9. The average molecular weight is 597 g/mol. The summed E-state index contributed by atoms with van der Waals surface area (Å²) in [6.07, 6.45) is 0.692. The van der Waals surface area contributed by atoms with Gasteiger partial charge in [-0.15, -0.1) is 0 Å². The number of hydrogen-bond donors (Lipinski definition) is 1. The number of nitro groups is 1. The number of benzene rings is 3. The summed E-state index contributed by atoms with van der Waals surface area (Å²) >= 11 is 0. The molecule has 0 aliphatic heterocycles. The molecule has 0 fully saturated rings. The maximum atomic E-state index is 14.0. The van der Waals surface area contributed by atoms with Crippen molar-refractivity contribution in [2.45, 2.75) is 57.6 Å². The molecule has 11 nitrogen and oxygen atoms in total. The Hall–Kier alpha value is -4.45. The van der Waals surface area contributed by atoms with Crippen LogP contribution < -0.4 is 14.4 Å². The summed E-state index contributed by atoms with van der Waals surface area (Å²) in [5.41, 5.74) is 0.824. The molecule has 1 N–H and O–H groups in total. The summed E-state index contributed by atoms with van der Waals surface area (Å²) in [6, 6.07) is 17.7. The number of methoxy groups -OCH3 is 1. The minimum absolute atomic E-state index is 0.0568. The Bertz CT molecular complexity index is 1510. The Morgan fingerprint density at radius 2 is 1.67 bits per heavy atom. The van der Waals surface area contributed by atoms with Crippen LogP contribution in [0.3, 0.4) is 0 Å². The van der Waals surface area contributed by atoms with Gasteiger partial charge in [0.1, 0.15) is 18.3 Å². The first-order valence-electron chi connectivity index (χ1n) is 13.4. The standard InChI is InChI=1S/C30H36N4O7S/c1-6-22(3)31-30(36)23(4)32(19-24-10-8-7-9-11-24)29(35)20-33(25-13-15-26(41-5)16-14-25)42(39,40)27-17-12-21(2)28(18-27)34(37)38/h7-18,22-23H,6,19-20H2,1-5H3,(H,31,36). The van der Waals surface area contributed by atoms with Crippen LogP contribution in [0.25, 0.3) is 0 Å². The third kappa shape index (κ3) is 7.64. The highest BCUT2D eigenvalue weighted by Gasteiger charge is 2.33. The second-order valence-corrected chi connectivity index (χ2v) is 11.8. The number of ether oxygens (including phenoxy) is 1. The second-order valence-electron chi connectivity index (χ2n) is 9.92. The number of carbonyl (C=O) groups is 2. The number of sulfonamides is 1. The lowest BCUT2D eigenvalue weighted by molar-refractivity contribution is -0.385. The van der Waals surface area contributed by atoms with Gasteiger partial charge < -0.3 is 15.0 Å². The fourth-order valence-electron chi connectivity index (χ4n) is 4.18. The zero-order valence-electron chi connectivity index (χ0n) is 24.3. The van der Waals surface area contributed by atoms with Crippen molar-refractivity contribution in [2.24, 2.45) is 0 Å². The van der Waals surface area contributed by atoms with Crippen molar-refractivity contribution in [2.75, 3.05) is 18.0 Å². The van der Waals surface area contributed by atoms with Crippen molar-refractivity contribution in [3.05, 3.63) is 94.0 Å². The van der Waals surface area contributed by atoms with E-state index in [9.17, 15) is 28.1 Å². The topological polar surface area (TPSA) is 139 Å². The SMILES string of the molecule is CCC(C)NC(=O)C(C)N(Cc1ccccc1)C(=O)CN(c1ccc(OC)cc1)S(=O)(=O)c1ccc(C)c([N+](=O)[O-])c1. The van der Waals surface area contributed by atoms with E-state index in [-0.39, 0.29) is 34.8 Å². The molecule has 0 aliphatic rings. The quantitative estimate of drug-likeness (QED) is 0.227. The van der Waals surface area contributed by atoms with Gasteiger partial charge in [0.15, 0.2) is 0 Å². The number of carbonyl (C=O) groups excluding carboxylic acids is 2. The molecule has 0 heterocycles. The molecule has 0 radical (unpaired) electrons. The maximum absolute atomic E-state index is 14.0. The van der Waals surface area contributed by atoms with Crippen molar-refractivity contribution in [1.82, 2.24) is 10.2 Å². The van der Waals surface area contributed by atoms with E-state index < -0.39 is 33.4 Å². The van der Waals surface area contributed by atoms with Crippen molar-refractivity contribution < 1.29 is 27.7 Å². The van der Waals surface area contributed by atoms with Crippen molar-refractivity contribution in [3.8, 4) is 5.75 Å². The second kappa shape index (κ2) is 13.9. The van der Waals surface area contributed by atoms with Gasteiger partial charge in [0.05, 0.1) is 22.6 Å². The Balaban J connectivity index is 2.07. The number of nitrogens with zero attached hydrogens (tertiary/aromatic N) is 3. The molecule has 2 atom stereocenters. The van der Waals surface area contributed by atoms with Gasteiger partial charge in [-0.3, -0.25) is 24.0 Å². The lowest BCUT2D eigenvalue weighted by Crippen LogP contribution is -2.52. The van der Waals surface area contributed by atoms with Crippen LogP contribution in [-0.4, -0.2) is 55.8 Å². The Morgan fingerprint density at radius 1 is 1.02 bits per heavy atom. The molecule has 3 aromatic rings. The zero-order chi connectivity index (χ0) is 31.0. The van der Waals surface area contributed by atoms with Crippen LogP contribution >= 0.6 is 0 Å². The number of rotatable bonds is 13. The van der Waals surface area contributed by atoms with Gasteiger partial charge in [0, 0.05) is 24.2 Å². The summed E-state index contributed by atoms with van der Waals surface area (Å²) in [6.45, 7) is 6.27. The fourth-order valence-corrected chi connectivity index (χ4v) is 5.61. The maximum Gasteiger partial charge on any atom is 0.273 e. The lowest BCUT2D eigenvalue weighted by atomic mass is 10.1. The summed E-state index contributed by atoms with van der Waals surface area (Å²) in [4.78, 5) is 39.0. The number of nitrogens with one attached hydrogen (secondary N) is 1. The molecular formula is C30H36N4O7S. The molecule has 0 aromatic heterocycles. The highest BCUT2D eigenvalue weighted by Crippen LogP contribution is 2.29. The predicted octanol–water partition coefficient (Wildman–Crippen LogP) is 4.44. The van der Waals surface area contributed by atoms with Crippen molar-refractivity contribution in [3.63, 3.8) is 0 Å². The van der Waals surface area contributed by atoms with Gasteiger partial charge in [-0.05, 0) is 63.1 Å². The highest BCUT2D eigenvalue weighted by atomic mass is 32.2. The number of aryl methyl sites for hydroxylation is 1. The molecule has 2 unspecified atom stereocenters. The van der Waals surface area contributed by atoms with Crippen molar-refractivity contribution >= 4 is 33.2 Å². The van der Waals surface area contributed by atoms with E-state index in [1.807, 2.05) is 32.0 Å². The molecule has 0 aliphatic carbocycles. The smallest absolute Gasteiger partial charge is 0.273 e. The monoisotopic (exact) mass is 596 g/mol. The molecule has 0 spiro atoms. The highest BCUT2D eigenvalue weighted by molar-refractivity contribution is 7.92. The molecule has 3 aromatic carbocycles. The molecule has 0 saturated heterocycles. The van der Waals surface area contributed by atoms with Crippen LogP contribution in [0.4, 0.5) is 11.4 Å². The molecule has 2 amide bonds. The Kier molecular flexibility index (Phi) is 10.6. The van der Waals surface area contributed by atoms with E-state index in [1.165, 1.54) is 43.2 Å². The summed E-state index contributed by atoms with van der Waals surface area (Å²) in [7, 11) is -3.01. The van der Waals surface area contributed by atoms with Gasteiger partial charge in [-0.2, -0.15) is 0 Å². The van der Waals surface area contributed by atoms with Gasteiger partial charge in [-0.1, -0.05) is 43.3 Å².